The summed E-state index contributed by atoms with van der Waals surface area (Å²) in [6.07, 6.45) is 4.84. The summed E-state index contributed by atoms with van der Waals surface area (Å²) >= 11 is 0. The van der Waals surface area contributed by atoms with Crippen molar-refractivity contribution in [3.8, 4) is 17.1 Å². The summed E-state index contributed by atoms with van der Waals surface area (Å²) in [5.41, 5.74) is 10.9. The minimum atomic E-state index is 0.225. The van der Waals surface area contributed by atoms with Crippen LogP contribution in [0.15, 0.2) is 54.9 Å². The molecule has 154 valence electrons. The second kappa shape index (κ2) is 7.93. The molecule has 2 N–H and O–H groups in total. The highest BCUT2D eigenvalue weighted by Crippen LogP contribution is 2.30. The van der Waals surface area contributed by atoms with Crippen molar-refractivity contribution >= 4 is 22.2 Å². The fourth-order valence-corrected chi connectivity index (χ4v) is 4.02. The highest BCUT2D eigenvalue weighted by molar-refractivity contribution is 5.92. The molecule has 0 bridgehead atoms. The fourth-order valence-electron chi connectivity index (χ4n) is 4.02. The van der Waals surface area contributed by atoms with Gasteiger partial charge in [-0.05, 0) is 24.6 Å². The van der Waals surface area contributed by atoms with Crippen LogP contribution in [0, 0.1) is 0 Å². The molecule has 0 aliphatic carbocycles. The first-order valence-electron chi connectivity index (χ1n) is 10.2. The molecule has 1 aromatic carbocycles. The summed E-state index contributed by atoms with van der Waals surface area (Å²) in [6, 6.07) is 14.6. The van der Waals surface area contributed by atoms with Crippen LogP contribution in [0.25, 0.3) is 27.9 Å². The Morgan fingerprint density at radius 3 is 2.93 bits per heavy atom. The molecule has 1 atom stereocenters. The van der Waals surface area contributed by atoms with E-state index in [0.29, 0.717) is 13.2 Å². The van der Waals surface area contributed by atoms with E-state index in [4.69, 9.17) is 20.2 Å². The molecule has 3 aromatic heterocycles. The number of benzene rings is 1. The van der Waals surface area contributed by atoms with Crippen LogP contribution in [0.5, 0.6) is 5.75 Å². The molecule has 0 radical (unpaired) electrons. The van der Waals surface area contributed by atoms with Gasteiger partial charge < -0.3 is 20.1 Å². The van der Waals surface area contributed by atoms with Crippen molar-refractivity contribution in [1.29, 1.82) is 0 Å². The van der Waals surface area contributed by atoms with E-state index in [1.807, 2.05) is 35.0 Å². The lowest BCUT2D eigenvalue weighted by molar-refractivity contribution is 0.146. The summed E-state index contributed by atoms with van der Waals surface area (Å²) in [7, 11) is 1.66. The minimum absolute atomic E-state index is 0.225. The van der Waals surface area contributed by atoms with E-state index in [1.165, 1.54) is 0 Å². The van der Waals surface area contributed by atoms with Crippen LogP contribution < -0.4 is 15.4 Å². The molecule has 4 heterocycles. The Labute approximate surface area is 175 Å². The molecular weight excluding hydrogens is 378 g/mol. The van der Waals surface area contributed by atoms with E-state index in [-0.39, 0.29) is 6.04 Å². The molecule has 0 saturated carbocycles. The number of hydrogen-bond donors (Lipinski definition) is 1. The first-order valence-corrected chi connectivity index (χ1v) is 10.2. The van der Waals surface area contributed by atoms with E-state index >= 15 is 0 Å². The maximum atomic E-state index is 6.14. The minimum Gasteiger partial charge on any atom is -0.491 e. The molecule has 7 heteroatoms. The van der Waals surface area contributed by atoms with Crippen molar-refractivity contribution in [1.82, 2.24) is 14.4 Å². The Hall–Kier alpha value is -3.16. The summed E-state index contributed by atoms with van der Waals surface area (Å²) in [4.78, 5) is 11.9. The van der Waals surface area contributed by atoms with Gasteiger partial charge in [0.2, 0.25) is 0 Å². The van der Waals surface area contributed by atoms with Crippen molar-refractivity contribution < 1.29 is 9.47 Å². The van der Waals surface area contributed by atoms with Gasteiger partial charge in [-0.15, -0.1) is 0 Å². The van der Waals surface area contributed by atoms with E-state index in [0.717, 1.165) is 58.9 Å². The zero-order valence-electron chi connectivity index (χ0n) is 17.0. The molecule has 1 aliphatic heterocycles. The highest BCUT2D eigenvalue weighted by Gasteiger charge is 2.21. The number of hydrogen-bond acceptors (Lipinski definition) is 6. The van der Waals surface area contributed by atoms with Gasteiger partial charge in [-0.25, -0.2) is 9.97 Å². The van der Waals surface area contributed by atoms with Crippen LogP contribution in [-0.2, 0) is 4.74 Å². The molecule has 1 saturated heterocycles. The number of pyridine rings is 2. The zero-order valence-corrected chi connectivity index (χ0v) is 17.0. The standard InChI is InChI=1S/C23H25N5O2/c1-29-11-12-30-18-8-10-28-21(14-25-22(28)13-18)19-6-5-16-3-2-4-20(23(16)26-19)27-9-7-17(24)15-27/h2-6,8,10,13-14,17H,7,9,11-12,15,24H2,1H3/t17-/m1/s1. The van der Waals surface area contributed by atoms with Gasteiger partial charge in [-0.1, -0.05) is 18.2 Å². The van der Waals surface area contributed by atoms with Gasteiger partial charge in [0.05, 0.1) is 35.4 Å². The Morgan fingerprint density at radius 1 is 1.17 bits per heavy atom. The number of nitrogens with two attached hydrogens (primary N) is 1. The Balaban J connectivity index is 1.52. The molecule has 1 aliphatic rings. The van der Waals surface area contributed by atoms with Crippen LogP contribution in [0.1, 0.15) is 6.42 Å². The third-order valence-electron chi connectivity index (χ3n) is 5.57. The topological polar surface area (TPSA) is 77.9 Å². The number of nitrogens with zero attached hydrogens (tertiary/aromatic N) is 4. The summed E-state index contributed by atoms with van der Waals surface area (Å²) in [5.74, 6) is 0.774. The van der Waals surface area contributed by atoms with Gasteiger partial charge in [0.25, 0.3) is 0 Å². The molecule has 7 nitrogen and oxygen atoms in total. The van der Waals surface area contributed by atoms with Gasteiger partial charge in [-0.3, -0.25) is 4.40 Å². The monoisotopic (exact) mass is 403 g/mol. The second-order valence-electron chi connectivity index (χ2n) is 7.62. The Kier molecular flexibility index (Phi) is 4.98. The van der Waals surface area contributed by atoms with Crippen molar-refractivity contribution in [2.45, 2.75) is 12.5 Å². The molecule has 4 aromatic rings. The fraction of sp³-hybridized carbons (Fsp3) is 0.304. The summed E-state index contributed by atoms with van der Waals surface area (Å²) < 4.78 is 12.8. The van der Waals surface area contributed by atoms with Crippen LogP contribution in [0.2, 0.25) is 0 Å². The average molecular weight is 403 g/mol. The van der Waals surface area contributed by atoms with E-state index in [1.54, 1.807) is 7.11 Å². The van der Waals surface area contributed by atoms with Crippen LogP contribution in [0.3, 0.4) is 0 Å². The van der Waals surface area contributed by atoms with Crippen LogP contribution in [0.4, 0.5) is 5.69 Å². The van der Waals surface area contributed by atoms with Crippen LogP contribution in [-0.4, -0.2) is 53.8 Å². The molecule has 0 amide bonds. The van der Waals surface area contributed by atoms with Gasteiger partial charge in [0, 0.05) is 43.9 Å². The third kappa shape index (κ3) is 3.46. The van der Waals surface area contributed by atoms with E-state index in [2.05, 4.69) is 34.1 Å². The number of para-hydroxylation sites is 1. The van der Waals surface area contributed by atoms with Crippen LogP contribution >= 0.6 is 0 Å². The van der Waals surface area contributed by atoms with Gasteiger partial charge in [0.15, 0.2) is 0 Å². The van der Waals surface area contributed by atoms with Crippen molar-refractivity contribution in [3.63, 3.8) is 0 Å². The van der Waals surface area contributed by atoms with Gasteiger partial charge in [0.1, 0.15) is 18.0 Å². The number of aromatic nitrogens is 3. The van der Waals surface area contributed by atoms with Crippen molar-refractivity contribution in [2.24, 2.45) is 5.73 Å². The van der Waals surface area contributed by atoms with Gasteiger partial charge >= 0.3 is 0 Å². The maximum absolute atomic E-state index is 6.14. The molecule has 5 rings (SSSR count). The zero-order chi connectivity index (χ0) is 20.5. The van der Waals surface area contributed by atoms with Crippen molar-refractivity contribution in [2.75, 3.05) is 38.3 Å². The summed E-state index contributed by atoms with van der Waals surface area (Å²) in [6.45, 7) is 2.89. The Morgan fingerprint density at radius 2 is 2.10 bits per heavy atom. The Bertz CT molecular complexity index is 1190. The number of imidazole rings is 1. The predicted octanol–water partition coefficient (Wildman–Crippen LogP) is 3.11. The maximum Gasteiger partial charge on any atom is 0.140 e. The van der Waals surface area contributed by atoms with Gasteiger partial charge in [-0.2, -0.15) is 0 Å². The highest BCUT2D eigenvalue weighted by atomic mass is 16.5. The molecular formula is C23H25N5O2. The average Bonchev–Trinajstić information content (AvgIpc) is 3.39. The second-order valence-corrected chi connectivity index (χ2v) is 7.62. The van der Waals surface area contributed by atoms with E-state index < -0.39 is 0 Å². The summed E-state index contributed by atoms with van der Waals surface area (Å²) in [5, 5.41) is 1.12. The molecule has 0 unspecified atom stereocenters. The predicted molar refractivity (Wildman–Crippen MR) is 118 cm³/mol. The quantitative estimate of drug-likeness (QED) is 0.499. The number of methoxy groups -OCH3 is 1. The third-order valence-corrected chi connectivity index (χ3v) is 5.57. The van der Waals surface area contributed by atoms with Crippen molar-refractivity contribution in [3.05, 3.63) is 54.9 Å². The first kappa shape index (κ1) is 18.8. The molecule has 1 fully saturated rings. The number of ether oxygens (including phenoxy) is 2. The number of anilines is 1. The lowest BCUT2D eigenvalue weighted by atomic mass is 10.1. The molecule has 30 heavy (non-hydrogen) atoms. The normalized spacial score (nSPS) is 16.6. The largest absolute Gasteiger partial charge is 0.491 e. The number of fused-ring (bicyclic) bond motifs is 2. The first-order chi connectivity index (χ1) is 14.7. The smallest absolute Gasteiger partial charge is 0.140 e. The SMILES string of the molecule is COCCOc1ccn2c(-c3ccc4cccc(N5CC[C@@H](N)C5)c4n3)cnc2c1. The number of rotatable bonds is 6. The lowest BCUT2D eigenvalue weighted by Crippen LogP contribution is -2.26. The van der Waals surface area contributed by atoms with E-state index in [9.17, 15) is 0 Å². The molecule has 0 spiro atoms. The lowest BCUT2D eigenvalue weighted by Gasteiger charge is -2.20.